The van der Waals surface area contributed by atoms with Crippen LogP contribution >= 0.6 is 0 Å². The van der Waals surface area contributed by atoms with Crippen LogP contribution in [0.2, 0.25) is 0 Å². The van der Waals surface area contributed by atoms with E-state index in [0.29, 0.717) is 31.9 Å². The molecule has 1 saturated heterocycles. The van der Waals surface area contributed by atoms with Gasteiger partial charge in [0.15, 0.2) is 11.6 Å². The third-order valence-corrected chi connectivity index (χ3v) is 7.05. The SMILES string of the molecule is O=C1NC(=NCCC(C2=CCCC=C2)c2ccccc2)C(c2cccc(F)c2F)N1CCCn1ccnc1. The van der Waals surface area contributed by atoms with Gasteiger partial charge in [0.2, 0.25) is 0 Å². The van der Waals surface area contributed by atoms with E-state index in [2.05, 4.69) is 40.7 Å². The van der Waals surface area contributed by atoms with Gasteiger partial charge in [-0.1, -0.05) is 60.7 Å². The summed E-state index contributed by atoms with van der Waals surface area (Å²) in [7, 11) is 0. The van der Waals surface area contributed by atoms with Gasteiger partial charge in [-0.05, 0) is 42.9 Å². The van der Waals surface area contributed by atoms with Crippen molar-refractivity contribution in [2.24, 2.45) is 4.99 Å². The van der Waals surface area contributed by atoms with Gasteiger partial charge < -0.3 is 9.47 Å². The second kappa shape index (κ2) is 12.0. The van der Waals surface area contributed by atoms with Crippen molar-refractivity contribution >= 4 is 11.9 Å². The number of urea groups is 1. The van der Waals surface area contributed by atoms with Crippen molar-refractivity contribution in [1.82, 2.24) is 19.8 Å². The fourth-order valence-corrected chi connectivity index (χ4v) is 5.18. The molecule has 1 aromatic heterocycles. The molecule has 1 aliphatic carbocycles. The number of hydrogen-bond acceptors (Lipinski definition) is 3. The maximum atomic E-state index is 15.0. The Bertz CT molecular complexity index is 1330. The lowest BCUT2D eigenvalue weighted by atomic mass is 9.85. The fraction of sp³-hybridized carbons (Fsp3) is 0.300. The number of hydrogen-bond donors (Lipinski definition) is 1. The van der Waals surface area contributed by atoms with Crippen molar-refractivity contribution < 1.29 is 13.6 Å². The van der Waals surface area contributed by atoms with Crippen molar-refractivity contribution in [3.8, 4) is 0 Å². The van der Waals surface area contributed by atoms with Crippen LogP contribution in [0, 0.1) is 11.6 Å². The number of aryl methyl sites for hydroxylation is 1. The molecular formula is C30H31F2N5O. The van der Waals surface area contributed by atoms with E-state index in [1.54, 1.807) is 12.5 Å². The van der Waals surface area contributed by atoms with E-state index in [-0.39, 0.29) is 17.5 Å². The molecule has 0 spiro atoms. The van der Waals surface area contributed by atoms with Gasteiger partial charge in [0.1, 0.15) is 11.9 Å². The number of rotatable bonds is 10. The fourth-order valence-electron chi connectivity index (χ4n) is 5.18. The van der Waals surface area contributed by atoms with E-state index in [1.165, 1.54) is 28.2 Å². The molecular weight excluding hydrogens is 484 g/mol. The number of carbonyl (C=O) groups excluding carboxylic acids is 1. The first-order valence-corrected chi connectivity index (χ1v) is 13.0. The van der Waals surface area contributed by atoms with Crippen molar-refractivity contribution in [1.29, 1.82) is 0 Å². The second-order valence-electron chi connectivity index (χ2n) is 9.53. The molecule has 5 rings (SSSR count). The topological polar surface area (TPSA) is 62.5 Å². The Morgan fingerprint density at radius 3 is 2.71 bits per heavy atom. The maximum Gasteiger partial charge on any atom is 0.323 e. The summed E-state index contributed by atoms with van der Waals surface area (Å²) in [6.07, 6.45) is 15.3. The molecule has 0 bridgehead atoms. The maximum absolute atomic E-state index is 15.0. The number of amidine groups is 1. The van der Waals surface area contributed by atoms with Crippen molar-refractivity contribution in [3.63, 3.8) is 0 Å². The Morgan fingerprint density at radius 2 is 1.95 bits per heavy atom. The number of aromatic nitrogens is 2. The average molecular weight is 516 g/mol. The molecule has 2 amide bonds. The second-order valence-corrected chi connectivity index (χ2v) is 9.53. The van der Waals surface area contributed by atoms with Crippen LogP contribution in [0.4, 0.5) is 13.6 Å². The molecule has 0 radical (unpaired) electrons. The molecule has 8 heteroatoms. The molecule has 0 saturated carbocycles. The zero-order valence-electron chi connectivity index (χ0n) is 21.1. The molecule has 1 N–H and O–H groups in total. The Hall–Kier alpha value is -4.07. The number of halogens is 2. The van der Waals surface area contributed by atoms with E-state index in [9.17, 15) is 13.6 Å². The monoisotopic (exact) mass is 515 g/mol. The van der Waals surface area contributed by atoms with E-state index in [4.69, 9.17) is 4.99 Å². The van der Waals surface area contributed by atoms with E-state index in [0.717, 1.165) is 25.3 Å². The first-order chi connectivity index (χ1) is 18.6. The van der Waals surface area contributed by atoms with Gasteiger partial charge in [-0.15, -0.1) is 0 Å². The van der Waals surface area contributed by atoms with Crippen LogP contribution in [0.25, 0.3) is 0 Å². The van der Waals surface area contributed by atoms with Gasteiger partial charge in [0, 0.05) is 43.5 Å². The third-order valence-electron chi connectivity index (χ3n) is 7.05. The van der Waals surface area contributed by atoms with Gasteiger partial charge in [0.05, 0.1) is 6.33 Å². The number of nitrogens with zero attached hydrogens (tertiary/aromatic N) is 4. The highest BCUT2D eigenvalue weighted by atomic mass is 19.2. The van der Waals surface area contributed by atoms with Crippen LogP contribution in [0.15, 0.2) is 96.0 Å². The van der Waals surface area contributed by atoms with Crippen LogP contribution in [0.3, 0.4) is 0 Å². The lowest BCUT2D eigenvalue weighted by Crippen LogP contribution is -2.31. The van der Waals surface area contributed by atoms with Gasteiger partial charge in [0.25, 0.3) is 0 Å². The number of benzene rings is 2. The average Bonchev–Trinajstić information content (AvgIpc) is 3.57. The molecule has 2 atom stereocenters. The summed E-state index contributed by atoms with van der Waals surface area (Å²) in [5.74, 6) is -1.40. The number of allylic oxidation sites excluding steroid dienone is 4. The molecule has 3 aromatic rings. The zero-order valence-corrected chi connectivity index (χ0v) is 21.1. The largest absolute Gasteiger partial charge is 0.337 e. The highest BCUT2D eigenvalue weighted by Gasteiger charge is 2.39. The Balaban J connectivity index is 1.38. The molecule has 196 valence electrons. The lowest BCUT2D eigenvalue weighted by Gasteiger charge is -2.24. The van der Waals surface area contributed by atoms with Crippen molar-refractivity contribution in [3.05, 3.63) is 114 Å². The summed E-state index contributed by atoms with van der Waals surface area (Å²) in [6, 6.07) is 13.2. The van der Waals surface area contributed by atoms with Crippen LogP contribution < -0.4 is 5.32 Å². The molecule has 2 aromatic carbocycles. The predicted molar refractivity (Wildman–Crippen MR) is 144 cm³/mol. The predicted octanol–water partition coefficient (Wildman–Crippen LogP) is 6.17. The first-order valence-electron chi connectivity index (χ1n) is 13.0. The van der Waals surface area contributed by atoms with E-state index in [1.807, 2.05) is 29.0 Å². The minimum absolute atomic E-state index is 0.0993. The molecule has 1 aliphatic heterocycles. The minimum atomic E-state index is -0.957. The number of aliphatic imine (C=N–C) groups is 1. The number of carbonyl (C=O) groups is 1. The van der Waals surface area contributed by atoms with E-state index < -0.39 is 17.7 Å². The van der Waals surface area contributed by atoms with Gasteiger partial charge in [-0.2, -0.15) is 0 Å². The first kappa shape index (κ1) is 25.6. The Kier molecular flexibility index (Phi) is 8.06. The Labute approximate surface area is 221 Å². The minimum Gasteiger partial charge on any atom is -0.337 e. The van der Waals surface area contributed by atoms with Crippen LogP contribution in [0.1, 0.15) is 48.8 Å². The van der Waals surface area contributed by atoms with Gasteiger partial charge in [-0.3, -0.25) is 10.3 Å². The molecule has 2 aliphatic rings. The van der Waals surface area contributed by atoms with Crippen LogP contribution in [-0.2, 0) is 6.54 Å². The van der Waals surface area contributed by atoms with Gasteiger partial charge >= 0.3 is 6.03 Å². The summed E-state index contributed by atoms with van der Waals surface area (Å²) in [4.78, 5) is 23.3. The van der Waals surface area contributed by atoms with E-state index >= 15 is 0 Å². The third kappa shape index (κ3) is 5.74. The normalized spacial score (nSPS) is 19.1. The molecule has 38 heavy (non-hydrogen) atoms. The molecule has 2 unspecified atom stereocenters. The molecule has 2 heterocycles. The summed E-state index contributed by atoms with van der Waals surface area (Å²) >= 11 is 0. The molecule has 1 fully saturated rings. The van der Waals surface area contributed by atoms with Gasteiger partial charge in [-0.25, -0.2) is 18.6 Å². The lowest BCUT2D eigenvalue weighted by molar-refractivity contribution is 0.203. The Morgan fingerprint density at radius 1 is 1.08 bits per heavy atom. The highest BCUT2D eigenvalue weighted by molar-refractivity contribution is 6.07. The summed E-state index contributed by atoms with van der Waals surface area (Å²) in [5, 5.41) is 2.84. The van der Waals surface area contributed by atoms with Crippen molar-refractivity contribution in [2.45, 2.75) is 44.2 Å². The smallest absolute Gasteiger partial charge is 0.323 e. The molecule has 6 nitrogen and oxygen atoms in total. The standard InChI is InChI=1S/C30H31F2N5O/c31-26-14-7-13-25(27(26)32)28-29(35-30(38)37(28)19-8-18-36-20-17-33-21-36)34-16-15-24(22-9-3-1-4-10-22)23-11-5-2-6-12-23/h1,3-5,7,9-14,17,20-21,24,28H,2,6,8,15-16,18-19H2,(H,34,35,38). The summed E-state index contributed by atoms with van der Waals surface area (Å²) in [5.41, 5.74) is 2.56. The number of imidazole rings is 1. The summed E-state index contributed by atoms with van der Waals surface area (Å²) < 4.78 is 31.1. The number of amides is 2. The quantitative estimate of drug-likeness (QED) is 0.351. The van der Waals surface area contributed by atoms with Crippen molar-refractivity contribution in [2.75, 3.05) is 13.1 Å². The van der Waals surface area contributed by atoms with Crippen LogP contribution in [0.5, 0.6) is 0 Å². The van der Waals surface area contributed by atoms with Crippen LogP contribution in [-0.4, -0.2) is 39.4 Å². The number of nitrogens with one attached hydrogen (secondary N) is 1. The highest BCUT2D eigenvalue weighted by Crippen LogP contribution is 2.33. The zero-order chi connectivity index (χ0) is 26.3. The summed E-state index contributed by atoms with van der Waals surface area (Å²) in [6.45, 7) is 1.43.